The van der Waals surface area contributed by atoms with Crippen molar-refractivity contribution in [2.75, 3.05) is 6.54 Å². The molecule has 0 aliphatic carbocycles. The van der Waals surface area contributed by atoms with E-state index in [-0.39, 0.29) is 11.3 Å². The van der Waals surface area contributed by atoms with E-state index in [0.717, 1.165) is 6.42 Å². The summed E-state index contributed by atoms with van der Waals surface area (Å²) in [5, 5.41) is 0. The third-order valence-electron chi connectivity index (χ3n) is 1.84. The smallest absolute Gasteiger partial charge is 0.404 e. The van der Waals surface area contributed by atoms with Crippen molar-refractivity contribution in [2.45, 2.75) is 19.2 Å². The van der Waals surface area contributed by atoms with E-state index in [1.54, 1.807) is 6.07 Å². The molecule has 0 atom stereocenters. The van der Waals surface area contributed by atoms with Gasteiger partial charge in [0, 0.05) is 6.42 Å². The number of unbranched alkanes of at least 4 members (excludes halogenated alkanes) is 1. The van der Waals surface area contributed by atoms with E-state index in [4.69, 9.17) is 5.73 Å². The van der Waals surface area contributed by atoms with Crippen LogP contribution in [0.5, 0.6) is 5.75 Å². The summed E-state index contributed by atoms with van der Waals surface area (Å²) in [6.07, 6.45) is -3.43. The highest BCUT2D eigenvalue weighted by Gasteiger charge is 2.31. The second kappa shape index (κ2) is 6.16. The zero-order valence-electron chi connectivity index (χ0n) is 9.05. The Balaban J connectivity index is 2.80. The van der Waals surface area contributed by atoms with Gasteiger partial charge in [0.1, 0.15) is 5.75 Å². The van der Waals surface area contributed by atoms with Crippen LogP contribution in [0.1, 0.15) is 18.4 Å². The van der Waals surface area contributed by atoms with E-state index < -0.39 is 6.36 Å². The Morgan fingerprint density at radius 2 is 1.94 bits per heavy atom. The molecule has 0 unspecified atom stereocenters. The van der Waals surface area contributed by atoms with E-state index in [2.05, 4.69) is 16.6 Å². The van der Waals surface area contributed by atoms with Crippen LogP contribution >= 0.6 is 0 Å². The van der Waals surface area contributed by atoms with Crippen molar-refractivity contribution in [2.24, 2.45) is 5.73 Å². The van der Waals surface area contributed by atoms with Crippen LogP contribution < -0.4 is 10.5 Å². The van der Waals surface area contributed by atoms with Crippen molar-refractivity contribution in [1.82, 2.24) is 0 Å². The number of para-hydroxylation sites is 1. The third kappa shape index (κ3) is 5.27. The molecule has 1 rings (SSSR count). The third-order valence-corrected chi connectivity index (χ3v) is 1.84. The highest BCUT2D eigenvalue weighted by atomic mass is 19.4. The van der Waals surface area contributed by atoms with Crippen LogP contribution in [0.25, 0.3) is 0 Å². The van der Waals surface area contributed by atoms with Gasteiger partial charge in [-0.15, -0.1) is 13.2 Å². The first kappa shape index (κ1) is 13.4. The van der Waals surface area contributed by atoms with Crippen LogP contribution in [-0.4, -0.2) is 12.9 Å². The van der Waals surface area contributed by atoms with Crippen LogP contribution in [0, 0.1) is 11.8 Å². The van der Waals surface area contributed by atoms with Gasteiger partial charge in [-0.05, 0) is 25.1 Å². The first-order valence-corrected chi connectivity index (χ1v) is 5.06. The monoisotopic (exact) mass is 243 g/mol. The number of rotatable bonds is 3. The molecule has 0 bridgehead atoms. The molecule has 0 saturated heterocycles. The van der Waals surface area contributed by atoms with Gasteiger partial charge in [-0.1, -0.05) is 24.0 Å². The Hall–Kier alpha value is -1.67. The SMILES string of the molecule is NCCCC#Cc1ccccc1OC(F)(F)F. The van der Waals surface area contributed by atoms with Crippen molar-refractivity contribution in [1.29, 1.82) is 0 Å². The summed E-state index contributed by atoms with van der Waals surface area (Å²) in [5.41, 5.74) is 5.50. The largest absolute Gasteiger partial charge is 0.573 e. The quantitative estimate of drug-likeness (QED) is 0.654. The fraction of sp³-hybridized carbons (Fsp3) is 0.333. The van der Waals surface area contributed by atoms with Gasteiger partial charge < -0.3 is 10.5 Å². The number of hydrogen-bond acceptors (Lipinski definition) is 2. The lowest BCUT2D eigenvalue weighted by molar-refractivity contribution is -0.274. The molecule has 2 N–H and O–H groups in total. The summed E-state index contributed by atoms with van der Waals surface area (Å²) in [6.45, 7) is 0.509. The fourth-order valence-electron chi connectivity index (χ4n) is 1.13. The summed E-state index contributed by atoms with van der Waals surface area (Å²) in [7, 11) is 0. The van der Waals surface area contributed by atoms with Crippen LogP contribution in [0.4, 0.5) is 13.2 Å². The maximum Gasteiger partial charge on any atom is 0.573 e. The number of nitrogens with two attached hydrogens (primary N) is 1. The van der Waals surface area contributed by atoms with Gasteiger partial charge in [-0.3, -0.25) is 0 Å². The molecule has 92 valence electrons. The van der Waals surface area contributed by atoms with Gasteiger partial charge >= 0.3 is 6.36 Å². The molecular formula is C12H12F3NO. The second-order valence-electron chi connectivity index (χ2n) is 3.24. The van der Waals surface area contributed by atoms with E-state index in [0.29, 0.717) is 13.0 Å². The maximum atomic E-state index is 12.1. The molecule has 0 amide bonds. The summed E-state index contributed by atoms with van der Waals surface area (Å²) in [6, 6.07) is 5.79. The van der Waals surface area contributed by atoms with Crippen LogP contribution in [0.2, 0.25) is 0 Å². The van der Waals surface area contributed by atoms with Crippen LogP contribution in [0.15, 0.2) is 24.3 Å². The molecule has 1 aromatic carbocycles. The molecule has 0 aliphatic rings. The minimum Gasteiger partial charge on any atom is -0.404 e. The Kier molecular flexibility index (Phi) is 4.85. The van der Waals surface area contributed by atoms with E-state index in [9.17, 15) is 13.2 Å². The number of ether oxygens (including phenoxy) is 1. The van der Waals surface area contributed by atoms with Crippen molar-refractivity contribution < 1.29 is 17.9 Å². The lowest BCUT2D eigenvalue weighted by atomic mass is 10.2. The van der Waals surface area contributed by atoms with E-state index in [1.807, 2.05) is 0 Å². The van der Waals surface area contributed by atoms with Crippen molar-refractivity contribution in [3.8, 4) is 17.6 Å². The Morgan fingerprint density at radius 3 is 2.59 bits per heavy atom. The van der Waals surface area contributed by atoms with Crippen molar-refractivity contribution in [3.63, 3.8) is 0 Å². The molecule has 0 spiro atoms. The summed E-state index contributed by atoms with van der Waals surface area (Å²) in [4.78, 5) is 0. The summed E-state index contributed by atoms with van der Waals surface area (Å²) < 4.78 is 40.1. The lowest BCUT2D eigenvalue weighted by Gasteiger charge is -2.09. The molecule has 1 aromatic rings. The maximum absolute atomic E-state index is 12.1. The van der Waals surface area contributed by atoms with Gasteiger partial charge in [-0.2, -0.15) is 0 Å². The number of benzene rings is 1. The average Bonchev–Trinajstić information content (AvgIpc) is 2.24. The zero-order chi connectivity index (χ0) is 12.7. The second-order valence-corrected chi connectivity index (χ2v) is 3.24. The van der Waals surface area contributed by atoms with Gasteiger partial charge in [0.2, 0.25) is 0 Å². The van der Waals surface area contributed by atoms with Crippen molar-refractivity contribution in [3.05, 3.63) is 29.8 Å². The number of halogens is 3. The predicted octanol–water partition coefficient (Wildman–Crippen LogP) is 2.68. The highest BCUT2D eigenvalue weighted by Crippen LogP contribution is 2.25. The topological polar surface area (TPSA) is 35.2 Å². The zero-order valence-corrected chi connectivity index (χ0v) is 9.05. The van der Waals surface area contributed by atoms with Gasteiger partial charge in [0.05, 0.1) is 5.56 Å². The minimum atomic E-state index is -4.70. The first-order chi connectivity index (χ1) is 8.03. The minimum absolute atomic E-state index is 0.224. The Morgan fingerprint density at radius 1 is 1.24 bits per heavy atom. The molecule has 0 radical (unpaired) electrons. The molecule has 5 heteroatoms. The summed E-state index contributed by atoms with van der Waals surface area (Å²) in [5.74, 6) is 5.11. The van der Waals surface area contributed by atoms with E-state index in [1.165, 1.54) is 18.2 Å². The van der Waals surface area contributed by atoms with E-state index >= 15 is 0 Å². The predicted molar refractivity (Wildman–Crippen MR) is 58.3 cm³/mol. The molecular weight excluding hydrogens is 231 g/mol. The van der Waals surface area contributed by atoms with Crippen LogP contribution in [0.3, 0.4) is 0 Å². The molecule has 0 heterocycles. The summed E-state index contributed by atoms with van der Waals surface area (Å²) >= 11 is 0. The molecule has 17 heavy (non-hydrogen) atoms. The number of hydrogen-bond donors (Lipinski definition) is 1. The highest BCUT2D eigenvalue weighted by molar-refractivity contribution is 5.45. The number of alkyl halides is 3. The molecule has 2 nitrogen and oxygen atoms in total. The van der Waals surface area contributed by atoms with Gasteiger partial charge in [0.25, 0.3) is 0 Å². The Bertz CT molecular complexity index is 418. The van der Waals surface area contributed by atoms with Crippen LogP contribution in [-0.2, 0) is 0 Å². The van der Waals surface area contributed by atoms with Crippen molar-refractivity contribution >= 4 is 0 Å². The average molecular weight is 243 g/mol. The molecule has 0 saturated carbocycles. The standard InChI is InChI=1S/C12H12F3NO/c13-12(14,15)17-11-8-4-3-7-10(11)6-2-1-5-9-16/h3-4,7-8H,1,5,9,16H2. The molecule has 0 aliphatic heterocycles. The molecule has 0 aromatic heterocycles. The Labute approximate surface area is 97.6 Å². The lowest BCUT2D eigenvalue weighted by Crippen LogP contribution is -2.17. The molecule has 0 fully saturated rings. The first-order valence-electron chi connectivity index (χ1n) is 5.06. The fourth-order valence-corrected chi connectivity index (χ4v) is 1.13. The normalized spacial score (nSPS) is 10.6. The van der Waals surface area contributed by atoms with Gasteiger partial charge in [-0.25, -0.2) is 0 Å². The van der Waals surface area contributed by atoms with Gasteiger partial charge in [0.15, 0.2) is 0 Å².